The van der Waals surface area contributed by atoms with E-state index in [0.717, 1.165) is 46.9 Å². The number of carbonyl (C=O) groups is 2. The number of benzene rings is 3. The number of nitrogens with one attached hydrogen (secondary N) is 2. The van der Waals surface area contributed by atoms with Crippen molar-refractivity contribution in [1.82, 2.24) is 24.9 Å². The number of carbonyl (C=O) groups excluding carboxylic acids is 1. The Morgan fingerprint density at radius 3 is 1.74 bits per heavy atom. The lowest BCUT2D eigenvalue weighted by atomic mass is 9.81. The first kappa shape index (κ1) is 38.5. The van der Waals surface area contributed by atoms with Gasteiger partial charge in [0.25, 0.3) is 5.91 Å². The zero-order valence-corrected chi connectivity index (χ0v) is 31.5. The van der Waals surface area contributed by atoms with Crippen LogP contribution in [0.25, 0.3) is 11.4 Å². The molecule has 2 atom stereocenters. The van der Waals surface area contributed by atoms with E-state index < -0.39 is 5.97 Å². The van der Waals surface area contributed by atoms with Gasteiger partial charge in [0.2, 0.25) is 0 Å². The van der Waals surface area contributed by atoms with Crippen LogP contribution in [0.15, 0.2) is 97.3 Å². The molecule has 0 radical (unpaired) electrons. The highest BCUT2D eigenvalue weighted by atomic mass is 16.4. The van der Waals surface area contributed by atoms with Gasteiger partial charge in [-0.3, -0.25) is 9.59 Å². The molecule has 2 saturated carbocycles. The highest BCUT2D eigenvalue weighted by molar-refractivity contribution is 5.94. The standard InChI is InChI=1S/C27H32N4O3.C17H22N2O/c1-19-24(18-31(30-19)23-10-6-3-7-11-23)26(20-8-4-2-5-9-20)29-22-14-12-21(13-15-22)27(34)28-17-16-25(32)33;1-13-16(17(20)14-8-4-2-5-9-14)12-19(18-13)15-10-6-3-7-11-15/h3,6-7,10-15,18,20,26,29H,2,4-5,8-9,16-17H2,1H3,(H,28,34)(H,32,33);3,6-7,10-12,14,17,20H,2,4-5,8-9H2,1H3. The molecule has 2 fully saturated rings. The monoisotopic (exact) mass is 730 g/mol. The molecular weight excluding hydrogens is 677 g/mol. The number of rotatable bonds is 12. The fraction of sp³-hybridized carbons (Fsp3) is 0.409. The molecule has 0 bridgehead atoms. The number of aliphatic hydroxyl groups excluding tert-OH is 1. The predicted molar refractivity (Wildman–Crippen MR) is 212 cm³/mol. The van der Waals surface area contributed by atoms with Gasteiger partial charge < -0.3 is 20.8 Å². The number of aryl methyl sites for hydroxylation is 2. The quantitative estimate of drug-likeness (QED) is 0.101. The molecule has 2 aliphatic carbocycles. The Morgan fingerprint density at radius 2 is 1.20 bits per heavy atom. The number of carboxylic acid groups (broad SMARTS) is 1. The Labute approximate surface area is 318 Å². The van der Waals surface area contributed by atoms with E-state index in [9.17, 15) is 14.7 Å². The topological polar surface area (TPSA) is 134 Å². The summed E-state index contributed by atoms with van der Waals surface area (Å²) in [4.78, 5) is 22.9. The van der Waals surface area contributed by atoms with Gasteiger partial charge in [-0.05, 0) is 99.9 Å². The van der Waals surface area contributed by atoms with Crippen LogP contribution in [0.1, 0.15) is 116 Å². The number of anilines is 1. The molecule has 0 aliphatic heterocycles. The summed E-state index contributed by atoms with van der Waals surface area (Å²) in [5.74, 6) is -0.285. The minimum absolute atomic E-state index is 0.0928. The second-order valence-electron chi connectivity index (χ2n) is 14.7. The fourth-order valence-corrected chi connectivity index (χ4v) is 7.87. The summed E-state index contributed by atoms with van der Waals surface area (Å²) >= 11 is 0. The van der Waals surface area contributed by atoms with Crippen molar-refractivity contribution < 1.29 is 19.8 Å². The maximum absolute atomic E-state index is 12.3. The number of nitrogens with zero attached hydrogens (tertiary/aromatic N) is 4. The van der Waals surface area contributed by atoms with E-state index >= 15 is 0 Å². The third kappa shape index (κ3) is 10.0. The Balaban J connectivity index is 0.000000210. The fourth-order valence-electron chi connectivity index (χ4n) is 7.87. The number of hydrogen-bond donors (Lipinski definition) is 4. The molecule has 7 rings (SSSR count). The third-order valence-corrected chi connectivity index (χ3v) is 10.9. The second-order valence-corrected chi connectivity index (χ2v) is 14.7. The van der Waals surface area contributed by atoms with Gasteiger partial charge in [-0.2, -0.15) is 10.2 Å². The summed E-state index contributed by atoms with van der Waals surface area (Å²) in [6, 6.07) is 27.7. The first-order chi connectivity index (χ1) is 26.3. The van der Waals surface area contributed by atoms with Crippen LogP contribution in [0.4, 0.5) is 5.69 Å². The minimum atomic E-state index is -0.931. The number of carboxylic acids is 1. The van der Waals surface area contributed by atoms with E-state index in [4.69, 9.17) is 10.2 Å². The highest BCUT2D eigenvalue weighted by Crippen LogP contribution is 2.38. The van der Waals surface area contributed by atoms with E-state index in [0.29, 0.717) is 17.4 Å². The van der Waals surface area contributed by atoms with Gasteiger partial charge in [-0.15, -0.1) is 0 Å². The van der Waals surface area contributed by atoms with Gasteiger partial charge in [0.15, 0.2) is 0 Å². The van der Waals surface area contributed by atoms with Crippen molar-refractivity contribution in [3.8, 4) is 11.4 Å². The van der Waals surface area contributed by atoms with E-state index in [-0.39, 0.29) is 31.0 Å². The molecule has 2 heterocycles. The lowest BCUT2D eigenvalue weighted by Gasteiger charge is -2.31. The first-order valence-corrected chi connectivity index (χ1v) is 19.5. The maximum Gasteiger partial charge on any atom is 0.305 e. The van der Waals surface area contributed by atoms with Gasteiger partial charge in [0.05, 0.1) is 41.3 Å². The van der Waals surface area contributed by atoms with Crippen LogP contribution in [0.5, 0.6) is 0 Å². The summed E-state index contributed by atoms with van der Waals surface area (Å²) in [5.41, 5.74) is 7.68. The minimum Gasteiger partial charge on any atom is -0.481 e. The third-order valence-electron chi connectivity index (χ3n) is 10.9. The predicted octanol–water partition coefficient (Wildman–Crippen LogP) is 8.91. The van der Waals surface area contributed by atoms with Gasteiger partial charge in [0.1, 0.15) is 0 Å². The van der Waals surface area contributed by atoms with E-state index in [2.05, 4.69) is 41.0 Å². The first-order valence-electron chi connectivity index (χ1n) is 19.5. The number of aliphatic hydroxyl groups is 1. The molecule has 2 aromatic heterocycles. The van der Waals surface area contributed by atoms with Crippen molar-refractivity contribution >= 4 is 17.6 Å². The van der Waals surface area contributed by atoms with Crippen LogP contribution in [0, 0.1) is 25.7 Å². The van der Waals surface area contributed by atoms with Crippen molar-refractivity contribution in [1.29, 1.82) is 0 Å². The van der Waals surface area contributed by atoms with Crippen molar-refractivity contribution in [3.05, 3.63) is 125 Å². The van der Waals surface area contributed by atoms with Crippen LogP contribution in [0.3, 0.4) is 0 Å². The maximum atomic E-state index is 12.3. The molecule has 0 spiro atoms. The average molecular weight is 731 g/mol. The van der Waals surface area contributed by atoms with Crippen LogP contribution in [-0.4, -0.2) is 48.2 Å². The van der Waals surface area contributed by atoms with Crippen LogP contribution in [-0.2, 0) is 4.79 Å². The molecule has 10 nitrogen and oxygen atoms in total. The van der Waals surface area contributed by atoms with Gasteiger partial charge in [0, 0.05) is 41.3 Å². The second kappa shape index (κ2) is 18.7. The molecule has 5 aromatic rings. The average Bonchev–Trinajstić information content (AvgIpc) is 3.80. The number of aliphatic carboxylic acids is 1. The summed E-state index contributed by atoms with van der Waals surface area (Å²) < 4.78 is 3.82. The molecular formula is C44H54N6O4. The SMILES string of the molecule is Cc1nn(-c2ccccc2)cc1C(Nc1ccc(C(=O)NCCC(=O)O)cc1)C1CCCCC1.Cc1nn(-c2ccccc2)cc1C(O)C1CCCCC1. The molecule has 0 saturated heterocycles. The number of para-hydroxylation sites is 2. The lowest BCUT2D eigenvalue weighted by Crippen LogP contribution is -2.26. The molecule has 1 amide bonds. The Morgan fingerprint density at radius 1 is 0.704 bits per heavy atom. The molecule has 2 aliphatic rings. The van der Waals surface area contributed by atoms with E-state index in [1.807, 2.05) is 83.1 Å². The smallest absolute Gasteiger partial charge is 0.305 e. The van der Waals surface area contributed by atoms with Crippen LogP contribution >= 0.6 is 0 Å². The number of aromatic nitrogens is 4. The molecule has 284 valence electrons. The zero-order valence-electron chi connectivity index (χ0n) is 31.5. The van der Waals surface area contributed by atoms with Gasteiger partial charge in [-0.25, -0.2) is 9.36 Å². The van der Waals surface area contributed by atoms with Gasteiger partial charge in [-0.1, -0.05) is 74.9 Å². The summed E-state index contributed by atoms with van der Waals surface area (Å²) in [6.45, 7) is 4.17. The number of hydrogen-bond acceptors (Lipinski definition) is 6. The van der Waals surface area contributed by atoms with Crippen molar-refractivity contribution in [2.45, 2.75) is 96.6 Å². The highest BCUT2D eigenvalue weighted by Gasteiger charge is 2.29. The van der Waals surface area contributed by atoms with Crippen molar-refractivity contribution in [3.63, 3.8) is 0 Å². The largest absolute Gasteiger partial charge is 0.481 e. The van der Waals surface area contributed by atoms with Crippen molar-refractivity contribution in [2.75, 3.05) is 11.9 Å². The lowest BCUT2D eigenvalue weighted by molar-refractivity contribution is -0.136. The Hall–Kier alpha value is -5.22. The summed E-state index contributed by atoms with van der Waals surface area (Å²) in [5, 5.41) is 35.1. The van der Waals surface area contributed by atoms with E-state index in [1.165, 1.54) is 56.9 Å². The van der Waals surface area contributed by atoms with E-state index in [1.54, 1.807) is 12.1 Å². The zero-order chi connectivity index (χ0) is 37.9. The normalized spacial score (nSPS) is 16.1. The van der Waals surface area contributed by atoms with Crippen LogP contribution < -0.4 is 10.6 Å². The summed E-state index contributed by atoms with van der Waals surface area (Å²) in [6.07, 6.45) is 15.9. The molecule has 54 heavy (non-hydrogen) atoms. The summed E-state index contributed by atoms with van der Waals surface area (Å²) in [7, 11) is 0. The Kier molecular flexibility index (Phi) is 13.3. The van der Waals surface area contributed by atoms with Crippen LogP contribution in [0.2, 0.25) is 0 Å². The number of amides is 1. The molecule has 2 unspecified atom stereocenters. The molecule has 3 aromatic carbocycles. The molecule has 10 heteroatoms. The Bertz CT molecular complexity index is 1930. The van der Waals surface area contributed by atoms with Gasteiger partial charge >= 0.3 is 5.97 Å². The van der Waals surface area contributed by atoms with Crippen molar-refractivity contribution in [2.24, 2.45) is 11.8 Å². The molecule has 4 N–H and O–H groups in total.